The standard InChI is InChI=1S/C27H34N4O/c1-19-11-12-20(2)22(17-19)18-31-25-10-6-5-9-24(25)29-27(31)30-15-13-21(14-16-30)26(32)28-23-7-3-4-8-23/h5-6,9-12,17,21,23H,3-4,7-8,13-16,18H2,1-2H3,(H,28,32). The van der Waals surface area contributed by atoms with Crippen LogP contribution in [0.5, 0.6) is 0 Å². The van der Waals surface area contributed by atoms with E-state index in [1.165, 1.54) is 35.0 Å². The molecule has 1 amide bonds. The topological polar surface area (TPSA) is 50.2 Å². The number of para-hydroxylation sites is 2. The molecule has 2 aliphatic rings. The number of aromatic nitrogens is 2. The Morgan fingerprint density at radius 3 is 2.56 bits per heavy atom. The van der Waals surface area contributed by atoms with Gasteiger partial charge in [0.25, 0.3) is 0 Å². The van der Waals surface area contributed by atoms with Crippen LogP contribution in [0.1, 0.15) is 55.2 Å². The molecule has 32 heavy (non-hydrogen) atoms. The molecule has 2 aromatic carbocycles. The van der Waals surface area contributed by atoms with Gasteiger partial charge in [0.2, 0.25) is 11.9 Å². The quantitative estimate of drug-likeness (QED) is 0.621. The van der Waals surface area contributed by atoms with Crippen molar-refractivity contribution >= 4 is 22.9 Å². The molecular weight excluding hydrogens is 396 g/mol. The molecule has 5 heteroatoms. The summed E-state index contributed by atoms with van der Waals surface area (Å²) < 4.78 is 2.36. The number of nitrogens with zero attached hydrogens (tertiary/aromatic N) is 3. The fraction of sp³-hybridized carbons (Fsp3) is 0.481. The summed E-state index contributed by atoms with van der Waals surface area (Å²) in [4.78, 5) is 20.2. The third-order valence-corrected chi connectivity index (χ3v) is 7.32. The third-order valence-electron chi connectivity index (χ3n) is 7.32. The molecule has 5 nitrogen and oxygen atoms in total. The van der Waals surface area contributed by atoms with Crippen LogP contribution in [0.2, 0.25) is 0 Å². The molecule has 1 aliphatic heterocycles. The molecule has 2 fully saturated rings. The maximum Gasteiger partial charge on any atom is 0.223 e. The summed E-state index contributed by atoms with van der Waals surface area (Å²) in [5, 5.41) is 3.30. The lowest BCUT2D eigenvalue weighted by molar-refractivity contribution is -0.126. The molecule has 2 heterocycles. The van der Waals surface area contributed by atoms with E-state index in [4.69, 9.17) is 4.98 Å². The molecule has 0 spiro atoms. The fourth-order valence-corrected chi connectivity index (χ4v) is 5.33. The zero-order chi connectivity index (χ0) is 22.1. The average Bonchev–Trinajstić information content (AvgIpc) is 3.44. The van der Waals surface area contributed by atoms with E-state index in [1.54, 1.807) is 0 Å². The number of hydrogen-bond acceptors (Lipinski definition) is 3. The number of carbonyl (C=O) groups is 1. The molecule has 1 aliphatic carbocycles. The van der Waals surface area contributed by atoms with Crippen molar-refractivity contribution in [3.63, 3.8) is 0 Å². The molecule has 168 valence electrons. The Kier molecular flexibility index (Phi) is 5.90. The highest BCUT2D eigenvalue weighted by Gasteiger charge is 2.29. The summed E-state index contributed by atoms with van der Waals surface area (Å²) in [5.74, 6) is 1.42. The summed E-state index contributed by atoms with van der Waals surface area (Å²) in [5.41, 5.74) is 6.13. The fourth-order valence-electron chi connectivity index (χ4n) is 5.33. The molecule has 5 rings (SSSR count). The monoisotopic (exact) mass is 430 g/mol. The van der Waals surface area contributed by atoms with E-state index in [-0.39, 0.29) is 11.8 Å². The Morgan fingerprint density at radius 2 is 1.78 bits per heavy atom. The summed E-state index contributed by atoms with van der Waals surface area (Å²) in [6, 6.07) is 15.5. The van der Waals surface area contributed by atoms with Gasteiger partial charge in [0.1, 0.15) is 0 Å². The number of fused-ring (bicyclic) bond motifs is 1. The van der Waals surface area contributed by atoms with Crippen molar-refractivity contribution in [3.8, 4) is 0 Å². The van der Waals surface area contributed by atoms with Gasteiger partial charge in [-0.2, -0.15) is 0 Å². The summed E-state index contributed by atoms with van der Waals surface area (Å²) in [6.45, 7) is 6.89. The summed E-state index contributed by atoms with van der Waals surface area (Å²) in [6.07, 6.45) is 6.58. The zero-order valence-corrected chi connectivity index (χ0v) is 19.3. The highest BCUT2D eigenvalue weighted by Crippen LogP contribution is 2.29. The number of piperidine rings is 1. The van der Waals surface area contributed by atoms with E-state index in [9.17, 15) is 4.79 Å². The van der Waals surface area contributed by atoms with Crippen LogP contribution in [0.25, 0.3) is 11.0 Å². The number of aryl methyl sites for hydroxylation is 2. The average molecular weight is 431 g/mol. The van der Waals surface area contributed by atoms with Gasteiger partial charge in [0.15, 0.2) is 0 Å². The molecule has 0 bridgehead atoms. The van der Waals surface area contributed by atoms with Crippen LogP contribution in [-0.4, -0.2) is 34.6 Å². The molecular formula is C27H34N4O. The lowest BCUT2D eigenvalue weighted by Crippen LogP contribution is -2.43. The second kappa shape index (κ2) is 8.97. The van der Waals surface area contributed by atoms with Crippen molar-refractivity contribution in [2.75, 3.05) is 18.0 Å². The molecule has 1 aromatic heterocycles. The number of imidazole rings is 1. The lowest BCUT2D eigenvalue weighted by atomic mass is 9.95. The van der Waals surface area contributed by atoms with Crippen LogP contribution >= 0.6 is 0 Å². The molecule has 0 unspecified atom stereocenters. The first kappa shape index (κ1) is 21.0. The Balaban J connectivity index is 1.36. The molecule has 1 saturated heterocycles. The maximum atomic E-state index is 12.8. The normalized spacial score (nSPS) is 17.9. The first-order valence-corrected chi connectivity index (χ1v) is 12.2. The molecule has 0 radical (unpaired) electrons. The van der Waals surface area contributed by atoms with E-state index in [0.29, 0.717) is 6.04 Å². The van der Waals surface area contributed by atoms with Crippen molar-refractivity contribution < 1.29 is 4.79 Å². The number of nitrogens with one attached hydrogen (secondary N) is 1. The van der Waals surface area contributed by atoms with Crippen molar-refractivity contribution in [3.05, 3.63) is 59.2 Å². The summed E-state index contributed by atoms with van der Waals surface area (Å²) in [7, 11) is 0. The Labute approximate surface area is 190 Å². The number of benzene rings is 2. The van der Waals surface area contributed by atoms with E-state index >= 15 is 0 Å². The van der Waals surface area contributed by atoms with E-state index in [1.807, 2.05) is 0 Å². The van der Waals surface area contributed by atoms with Gasteiger partial charge in [-0.25, -0.2) is 4.98 Å². The highest BCUT2D eigenvalue weighted by molar-refractivity contribution is 5.80. The second-order valence-corrected chi connectivity index (χ2v) is 9.67. The van der Waals surface area contributed by atoms with E-state index < -0.39 is 0 Å². The van der Waals surface area contributed by atoms with Gasteiger partial charge in [0.05, 0.1) is 17.6 Å². The Bertz CT molecular complexity index is 1100. The highest BCUT2D eigenvalue weighted by atomic mass is 16.1. The number of anilines is 1. The van der Waals surface area contributed by atoms with Crippen LogP contribution in [0, 0.1) is 19.8 Å². The molecule has 1 saturated carbocycles. The van der Waals surface area contributed by atoms with Crippen LogP contribution in [0.4, 0.5) is 5.95 Å². The van der Waals surface area contributed by atoms with Gasteiger partial charge < -0.3 is 14.8 Å². The van der Waals surface area contributed by atoms with Gasteiger partial charge in [-0.3, -0.25) is 4.79 Å². The van der Waals surface area contributed by atoms with Gasteiger partial charge in [-0.05, 0) is 62.8 Å². The van der Waals surface area contributed by atoms with Crippen LogP contribution in [0.15, 0.2) is 42.5 Å². The van der Waals surface area contributed by atoms with Crippen LogP contribution < -0.4 is 10.2 Å². The third kappa shape index (κ3) is 4.25. The first-order valence-electron chi connectivity index (χ1n) is 12.2. The first-order chi connectivity index (χ1) is 15.6. The minimum atomic E-state index is 0.128. The number of amides is 1. The van der Waals surface area contributed by atoms with Crippen molar-refractivity contribution in [2.24, 2.45) is 5.92 Å². The van der Waals surface area contributed by atoms with Crippen molar-refractivity contribution in [1.29, 1.82) is 0 Å². The van der Waals surface area contributed by atoms with Crippen LogP contribution in [-0.2, 0) is 11.3 Å². The predicted octanol–water partition coefficient (Wildman–Crippen LogP) is 4.98. The van der Waals surface area contributed by atoms with Crippen molar-refractivity contribution in [2.45, 2.75) is 65.0 Å². The molecule has 0 atom stereocenters. The minimum Gasteiger partial charge on any atom is -0.353 e. The zero-order valence-electron chi connectivity index (χ0n) is 19.3. The molecule has 3 aromatic rings. The Hall–Kier alpha value is -2.82. The van der Waals surface area contributed by atoms with Gasteiger partial charge in [-0.15, -0.1) is 0 Å². The van der Waals surface area contributed by atoms with Crippen LogP contribution in [0.3, 0.4) is 0 Å². The lowest BCUT2D eigenvalue weighted by Gasteiger charge is -2.33. The van der Waals surface area contributed by atoms with Crippen molar-refractivity contribution in [1.82, 2.24) is 14.9 Å². The van der Waals surface area contributed by atoms with E-state index in [2.05, 4.69) is 71.1 Å². The smallest absolute Gasteiger partial charge is 0.223 e. The number of carbonyl (C=O) groups excluding carboxylic acids is 1. The second-order valence-electron chi connectivity index (χ2n) is 9.67. The van der Waals surface area contributed by atoms with E-state index in [0.717, 1.165) is 56.8 Å². The maximum absolute atomic E-state index is 12.8. The van der Waals surface area contributed by atoms with Gasteiger partial charge >= 0.3 is 0 Å². The SMILES string of the molecule is Cc1ccc(C)c(Cn2c(N3CCC(C(=O)NC4CCCC4)CC3)nc3ccccc32)c1. The number of rotatable bonds is 5. The van der Waals surface area contributed by atoms with Gasteiger partial charge in [-0.1, -0.05) is 48.7 Å². The largest absolute Gasteiger partial charge is 0.353 e. The van der Waals surface area contributed by atoms with Gasteiger partial charge in [0, 0.05) is 25.0 Å². The molecule has 1 N–H and O–H groups in total. The minimum absolute atomic E-state index is 0.128. The summed E-state index contributed by atoms with van der Waals surface area (Å²) >= 11 is 0. The Morgan fingerprint density at radius 1 is 1.03 bits per heavy atom. The predicted molar refractivity (Wildman–Crippen MR) is 130 cm³/mol. The number of hydrogen-bond donors (Lipinski definition) is 1.